The third-order valence-corrected chi connectivity index (χ3v) is 6.54. The van der Waals surface area contributed by atoms with Gasteiger partial charge in [-0.05, 0) is 55.5 Å². The van der Waals surface area contributed by atoms with Crippen LogP contribution in [0.4, 0.5) is 5.69 Å². The molecule has 0 spiro atoms. The molecule has 198 valence electrons. The van der Waals surface area contributed by atoms with Crippen molar-refractivity contribution in [3.05, 3.63) is 95.1 Å². The van der Waals surface area contributed by atoms with E-state index in [4.69, 9.17) is 9.47 Å². The number of hydrogen-bond donors (Lipinski definition) is 1. The van der Waals surface area contributed by atoms with Gasteiger partial charge >= 0.3 is 11.9 Å². The molecule has 0 bridgehead atoms. The lowest BCUT2D eigenvalue weighted by molar-refractivity contribution is -0.131. The summed E-state index contributed by atoms with van der Waals surface area (Å²) in [7, 11) is 0. The van der Waals surface area contributed by atoms with Gasteiger partial charge in [0.2, 0.25) is 5.91 Å². The van der Waals surface area contributed by atoms with Crippen molar-refractivity contribution in [2.45, 2.75) is 45.6 Å². The molecule has 0 aromatic heterocycles. The number of benzene rings is 3. The van der Waals surface area contributed by atoms with E-state index in [1.807, 2.05) is 42.5 Å². The SMILES string of the molecule is CCOC(=O)c1ccc(CC(=O)NC(c2ccccc2)c2ccccc2N2CCCCC2)cc1OC(C)=O. The van der Waals surface area contributed by atoms with Crippen LogP contribution >= 0.6 is 0 Å². The second-order valence-electron chi connectivity index (χ2n) is 9.34. The molecule has 1 fully saturated rings. The van der Waals surface area contributed by atoms with Crippen LogP contribution in [0, 0.1) is 0 Å². The number of esters is 2. The summed E-state index contributed by atoms with van der Waals surface area (Å²) >= 11 is 0. The second kappa shape index (κ2) is 12.9. The molecule has 1 atom stereocenters. The van der Waals surface area contributed by atoms with Crippen LogP contribution in [0.2, 0.25) is 0 Å². The van der Waals surface area contributed by atoms with Gasteiger partial charge in [0, 0.05) is 31.3 Å². The largest absolute Gasteiger partial charge is 0.462 e. The zero-order valence-corrected chi connectivity index (χ0v) is 21.9. The number of nitrogens with one attached hydrogen (secondary N) is 1. The number of anilines is 1. The lowest BCUT2D eigenvalue weighted by Crippen LogP contribution is -2.34. The molecule has 1 aliphatic rings. The van der Waals surface area contributed by atoms with Gasteiger partial charge in [-0.15, -0.1) is 0 Å². The molecule has 1 N–H and O–H groups in total. The molecule has 7 heteroatoms. The first-order valence-electron chi connectivity index (χ1n) is 13.1. The van der Waals surface area contributed by atoms with Gasteiger partial charge in [0.05, 0.1) is 19.1 Å². The highest BCUT2D eigenvalue weighted by molar-refractivity contribution is 5.93. The van der Waals surface area contributed by atoms with Crippen molar-refractivity contribution in [3.8, 4) is 5.75 Å². The van der Waals surface area contributed by atoms with Crippen LogP contribution in [0.3, 0.4) is 0 Å². The van der Waals surface area contributed by atoms with Crippen molar-refractivity contribution in [2.75, 3.05) is 24.6 Å². The van der Waals surface area contributed by atoms with Crippen LogP contribution in [-0.4, -0.2) is 37.5 Å². The highest BCUT2D eigenvalue weighted by Crippen LogP contribution is 2.32. The maximum Gasteiger partial charge on any atom is 0.341 e. The number of nitrogens with zero attached hydrogens (tertiary/aromatic N) is 1. The highest BCUT2D eigenvalue weighted by Gasteiger charge is 2.24. The monoisotopic (exact) mass is 514 g/mol. The van der Waals surface area contributed by atoms with E-state index in [2.05, 4.69) is 22.3 Å². The summed E-state index contributed by atoms with van der Waals surface area (Å²) in [4.78, 5) is 39.7. The molecule has 1 aliphatic heterocycles. The zero-order chi connectivity index (χ0) is 26.9. The molecule has 1 amide bonds. The van der Waals surface area contributed by atoms with Crippen LogP contribution in [0.1, 0.15) is 66.2 Å². The Hall–Kier alpha value is -4.13. The summed E-state index contributed by atoms with van der Waals surface area (Å²) in [6, 6.07) is 22.6. The normalized spacial score (nSPS) is 13.9. The number of hydrogen-bond acceptors (Lipinski definition) is 6. The Morgan fingerprint density at radius 3 is 2.34 bits per heavy atom. The van der Waals surface area contributed by atoms with Crippen molar-refractivity contribution >= 4 is 23.5 Å². The number of ether oxygens (including phenoxy) is 2. The third-order valence-electron chi connectivity index (χ3n) is 6.54. The Morgan fingerprint density at radius 1 is 0.921 bits per heavy atom. The number of carbonyl (C=O) groups is 3. The van der Waals surface area contributed by atoms with Gasteiger partial charge in [-0.25, -0.2) is 4.79 Å². The number of amides is 1. The van der Waals surface area contributed by atoms with Crippen molar-refractivity contribution in [1.29, 1.82) is 0 Å². The average molecular weight is 515 g/mol. The van der Waals surface area contributed by atoms with E-state index < -0.39 is 11.9 Å². The average Bonchev–Trinajstić information content (AvgIpc) is 2.93. The Labute approximate surface area is 223 Å². The highest BCUT2D eigenvalue weighted by atomic mass is 16.5. The van der Waals surface area contributed by atoms with Crippen molar-refractivity contribution in [1.82, 2.24) is 5.32 Å². The predicted octanol–water partition coefficient (Wildman–Crippen LogP) is 5.23. The smallest absolute Gasteiger partial charge is 0.341 e. The minimum absolute atomic E-state index is 0.0482. The Balaban J connectivity index is 1.60. The van der Waals surface area contributed by atoms with Crippen LogP contribution in [-0.2, 0) is 20.7 Å². The van der Waals surface area contributed by atoms with E-state index in [9.17, 15) is 14.4 Å². The molecule has 4 rings (SSSR count). The number of carbonyl (C=O) groups excluding carboxylic acids is 3. The van der Waals surface area contributed by atoms with Gasteiger partial charge < -0.3 is 19.7 Å². The first-order valence-corrected chi connectivity index (χ1v) is 13.1. The summed E-state index contributed by atoms with van der Waals surface area (Å²) in [6.45, 7) is 5.16. The molecule has 3 aromatic rings. The van der Waals surface area contributed by atoms with Crippen LogP contribution in [0.5, 0.6) is 5.75 Å². The van der Waals surface area contributed by atoms with E-state index in [0.717, 1.165) is 42.7 Å². The van der Waals surface area contributed by atoms with Gasteiger partial charge in [0.25, 0.3) is 0 Å². The summed E-state index contributed by atoms with van der Waals surface area (Å²) in [5, 5.41) is 3.23. The standard InChI is InChI=1S/C31H34N2O5/c1-3-37-31(36)26-17-16-23(20-28(26)38-22(2)34)21-29(35)32-30(24-12-6-4-7-13-24)25-14-8-9-15-27(25)33-18-10-5-11-19-33/h4,6-9,12-17,20,30H,3,5,10-11,18-19,21H2,1-2H3,(H,32,35). The van der Waals surface area contributed by atoms with Crippen molar-refractivity contribution in [3.63, 3.8) is 0 Å². The van der Waals surface area contributed by atoms with Gasteiger partial charge in [-0.1, -0.05) is 54.6 Å². The molecule has 0 aliphatic carbocycles. The van der Waals surface area contributed by atoms with Gasteiger partial charge in [-0.2, -0.15) is 0 Å². The number of para-hydroxylation sites is 1. The van der Waals surface area contributed by atoms with E-state index >= 15 is 0 Å². The van der Waals surface area contributed by atoms with Crippen LogP contribution < -0.4 is 15.0 Å². The first-order chi connectivity index (χ1) is 18.5. The summed E-state index contributed by atoms with van der Waals surface area (Å²) < 4.78 is 10.3. The van der Waals surface area contributed by atoms with Crippen molar-refractivity contribution in [2.24, 2.45) is 0 Å². The van der Waals surface area contributed by atoms with Gasteiger partial charge in [-0.3, -0.25) is 9.59 Å². The fourth-order valence-corrected chi connectivity index (χ4v) is 4.83. The Bertz CT molecular complexity index is 1270. The molecule has 0 radical (unpaired) electrons. The van der Waals surface area contributed by atoms with E-state index in [1.165, 1.54) is 19.4 Å². The minimum Gasteiger partial charge on any atom is -0.462 e. The van der Waals surface area contributed by atoms with E-state index in [-0.39, 0.29) is 36.3 Å². The molecular formula is C31H34N2O5. The minimum atomic E-state index is -0.585. The van der Waals surface area contributed by atoms with Gasteiger partial charge in [0.1, 0.15) is 11.3 Å². The fraction of sp³-hybridized carbons (Fsp3) is 0.323. The lowest BCUT2D eigenvalue weighted by Gasteiger charge is -2.33. The summed E-state index contributed by atoms with van der Waals surface area (Å²) in [6.07, 6.45) is 3.60. The maximum absolute atomic E-state index is 13.4. The van der Waals surface area contributed by atoms with E-state index in [1.54, 1.807) is 19.1 Å². The fourth-order valence-electron chi connectivity index (χ4n) is 4.83. The molecule has 38 heavy (non-hydrogen) atoms. The second-order valence-corrected chi connectivity index (χ2v) is 9.34. The Kier molecular flexibility index (Phi) is 9.14. The molecule has 1 unspecified atom stereocenters. The number of rotatable bonds is 9. The number of piperidine rings is 1. The summed E-state index contributed by atoms with van der Waals surface area (Å²) in [5.74, 6) is -1.25. The maximum atomic E-state index is 13.4. The van der Waals surface area contributed by atoms with Crippen LogP contribution in [0.15, 0.2) is 72.8 Å². The predicted molar refractivity (Wildman–Crippen MR) is 146 cm³/mol. The molecule has 1 heterocycles. The van der Waals surface area contributed by atoms with E-state index in [0.29, 0.717) is 5.56 Å². The molecule has 1 saturated heterocycles. The lowest BCUT2D eigenvalue weighted by atomic mass is 9.95. The molecular weight excluding hydrogens is 480 g/mol. The third kappa shape index (κ3) is 6.79. The quantitative estimate of drug-likeness (QED) is 0.311. The van der Waals surface area contributed by atoms with Gasteiger partial charge in [0.15, 0.2) is 0 Å². The van der Waals surface area contributed by atoms with Crippen LogP contribution in [0.25, 0.3) is 0 Å². The summed E-state index contributed by atoms with van der Waals surface area (Å²) in [5.41, 5.74) is 3.93. The topological polar surface area (TPSA) is 84.9 Å². The zero-order valence-electron chi connectivity index (χ0n) is 21.9. The van der Waals surface area contributed by atoms with Crippen molar-refractivity contribution < 1.29 is 23.9 Å². The molecule has 3 aromatic carbocycles. The Morgan fingerprint density at radius 2 is 1.63 bits per heavy atom. The first kappa shape index (κ1) is 26.9. The molecule has 0 saturated carbocycles. The molecule has 7 nitrogen and oxygen atoms in total.